The number of thiocarbonyl (C=S) groups is 1. The molecular weight excluding hydrogens is 378 g/mol. The topological polar surface area (TPSA) is 55.4 Å². The van der Waals surface area contributed by atoms with E-state index in [-0.39, 0.29) is 5.91 Å². The molecule has 0 unspecified atom stereocenters. The van der Waals surface area contributed by atoms with E-state index in [4.69, 9.17) is 17.0 Å². The van der Waals surface area contributed by atoms with Crippen LogP contribution in [0.25, 0.3) is 16.8 Å². The first-order valence-electron chi connectivity index (χ1n) is 8.15. The van der Waals surface area contributed by atoms with Crippen molar-refractivity contribution in [3.05, 3.63) is 82.8 Å². The average Bonchev–Trinajstić information content (AvgIpc) is 2.99. The number of amides is 1. The number of rotatable bonds is 3. The SMILES string of the molecule is O=C1NC(=S)SC1=Cc1ccc(OC(=O)c2cccc3ccccc23)cc1. The fourth-order valence-corrected chi connectivity index (χ4v) is 3.81. The van der Waals surface area contributed by atoms with Crippen LogP contribution in [0, 0.1) is 0 Å². The Bertz CT molecular complexity index is 1100. The summed E-state index contributed by atoms with van der Waals surface area (Å²) < 4.78 is 5.96. The largest absolute Gasteiger partial charge is 0.423 e. The van der Waals surface area contributed by atoms with Gasteiger partial charge in [0, 0.05) is 0 Å². The molecule has 1 fully saturated rings. The lowest BCUT2D eigenvalue weighted by atomic mass is 10.0. The highest BCUT2D eigenvalue weighted by Gasteiger charge is 2.21. The number of hydrogen-bond acceptors (Lipinski definition) is 5. The molecule has 1 amide bonds. The van der Waals surface area contributed by atoms with Gasteiger partial charge in [-0.15, -0.1) is 0 Å². The van der Waals surface area contributed by atoms with E-state index in [0.29, 0.717) is 20.5 Å². The molecule has 3 aromatic carbocycles. The number of nitrogens with one attached hydrogen (secondary N) is 1. The molecule has 0 atom stereocenters. The number of benzene rings is 3. The Morgan fingerprint density at radius 1 is 1.00 bits per heavy atom. The zero-order valence-corrected chi connectivity index (χ0v) is 15.6. The minimum atomic E-state index is -0.408. The maximum atomic E-state index is 12.6. The molecule has 1 N–H and O–H groups in total. The predicted octanol–water partition coefficient (Wildman–Crippen LogP) is 4.55. The smallest absolute Gasteiger partial charge is 0.344 e. The number of carbonyl (C=O) groups excluding carboxylic acids is 2. The van der Waals surface area contributed by atoms with Crippen LogP contribution in [0.3, 0.4) is 0 Å². The molecule has 0 aliphatic carbocycles. The summed E-state index contributed by atoms with van der Waals surface area (Å²) in [6, 6.07) is 20.2. The Labute approximate surface area is 165 Å². The molecule has 3 aromatic rings. The Morgan fingerprint density at radius 3 is 2.48 bits per heavy atom. The quantitative estimate of drug-likeness (QED) is 0.307. The van der Waals surface area contributed by atoms with E-state index in [0.717, 1.165) is 16.3 Å². The van der Waals surface area contributed by atoms with Crippen LogP contribution in [-0.4, -0.2) is 16.2 Å². The second-order valence-electron chi connectivity index (χ2n) is 5.84. The highest BCUT2D eigenvalue weighted by Crippen LogP contribution is 2.27. The van der Waals surface area contributed by atoms with E-state index < -0.39 is 5.97 Å². The third-order valence-corrected chi connectivity index (χ3v) is 5.20. The van der Waals surface area contributed by atoms with Gasteiger partial charge >= 0.3 is 5.97 Å². The third-order valence-electron chi connectivity index (χ3n) is 4.04. The Balaban J connectivity index is 1.53. The van der Waals surface area contributed by atoms with Gasteiger partial charge in [-0.25, -0.2) is 4.79 Å². The van der Waals surface area contributed by atoms with Gasteiger partial charge in [0.2, 0.25) is 0 Å². The van der Waals surface area contributed by atoms with E-state index in [1.807, 2.05) is 36.4 Å². The molecule has 27 heavy (non-hydrogen) atoms. The van der Waals surface area contributed by atoms with Crippen molar-refractivity contribution in [2.24, 2.45) is 0 Å². The molecule has 6 heteroatoms. The summed E-state index contributed by atoms with van der Waals surface area (Å²) in [6.07, 6.45) is 1.75. The molecule has 0 aromatic heterocycles. The number of hydrogen-bond donors (Lipinski definition) is 1. The number of thioether (sulfide) groups is 1. The number of ether oxygens (including phenoxy) is 1. The highest BCUT2D eigenvalue weighted by atomic mass is 32.2. The summed E-state index contributed by atoms with van der Waals surface area (Å²) in [5.74, 6) is -0.167. The second-order valence-corrected chi connectivity index (χ2v) is 7.56. The summed E-state index contributed by atoms with van der Waals surface area (Å²) >= 11 is 6.20. The number of carbonyl (C=O) groups is 2. The van der Waals surface area contributed by atoms with Crippen LogP contribution in [0.4, 0.5) is 0 Å². The van der Waals surface area contributed by atoms with Gasteiger partial charge in [-0.2, -0.15) is 0 Å². The lowest BCUT2D eigenvalue weighted by molar-refractivity contribution is -0.115. The van der Waals surface area contributed by atoms with Gasteiger partial charge in [0.05, 0.1) is 10.5 Å². The van der Waals surface area contributed by atoms with Crippen LogP contribution in [0.15, 0.2) is 71.6 Å². The van der Waals surface area contributed by atoms with Crippen molar-refractivity contribution in [3.63, 3.8) is 0 Å². The molecular formula is C21H13NO3S2. The minimum absolute atomic E-state index is 0.198. The highest BCUT2D eigenvalue weighted by molar-refractivity contribution is 8.26. The predicted molar refractivity (Wildman–Crippen MR) is 112 cm³/mol. The molecule has 0 bridgehead atoms. The van der Waals surface area contributed by atoms with Crippen LogP contribution in [0.2, 0.25) is 0 Å². The monoisotopic (exact) mass is 391 g/mol. The van der Waals surface area contributed by atoms with Crippen LogP contribution in [-0.2, 0) is 4.79 Å². The standard InChI is InChI=1S/C21H13NO3S2/c23-19-18(27-21(26)22-19)12-13-8-10-15(11-9-13)25-20(24)17-7-3-5-14-4-1-2-6-16(14)17/h1-12H,(H,22,23,26). The van der Waals surface area contributed by atoms with Crippen LogP contribution in [0.1, 0.15) is 15.9 Å². The molecule has 1 saturated heterocycles. The normalized spacial score (nSPS) is 15.2. The molecule has 1 aliphatic heterocycles. The van der Waals surface area contributed by atoms with Gasteiger partial charge in [0.15, 0.2) is 0 Å². The van der Waals surface area contributed by atoms with E-state index in [2.05, 4.69) is 5.32 Å². The van der Waals surface area contributed by atoms with Crippen molar-refractivity contribution in [3.8, 4) is 5.75 Å². The van der Waals surface area contributed by atoms with Gasteiger partial charge in [-0.05, 0) is 40.6 Å². The summed E-state index contributed by atoms with van der Waals surface area (Å²) in [4.78, 5) is 24.8. The lowest BCUT2D eigenvalue weighted by Crippen LogP contribution is -2.17. The molecule has 4 rings (SSSR count). The van der Waals surface area contributed by atoms with Crippen LogP contribution >= 0.6 is 24.0 Å². The molecule has 0 radical (unpaired) electrons. The Hall–Kier alpha value is -2.96. The van der Waals surface area contributed by atoms with Gasteiger partial charge in [0.1, 0.15) is 10.1 Å². The minimum Gasteiger partial charge on any atom is -0.423 e. The fourth-order valence-electron chi connectivity index (χ4n) is 2.77. The van der Waals surface area contributed by atoms with Gasteiger partial charge in [-0.1, -0.05) is 72.5 Å². The van der Waals surface area contributed by atoms with Crippen LogP contribution < -0.4 is 10.1 Å². The van der Waals surface area contributed by atoms with Crippen molar-refractivity contribution in [2.45, 2.75) is 0 Å². The van der Waals surface area contributed by atoms with E-state index in [1.165, 1.54) is 11.8 Å². The van der Waals surface area contributed by atoms with E-state index in [9.17, 15) is 9.59 Å². The maximum absolute atomic E-state index is 12.6. The van der Waals surface area contributed by atoms with Crippen molar-refractivity contribution in [1.82, 2.24) is 5.32 Å². The maximum Gasteiger partial charge on any atom is 0.344 e. The van der Waals surface area contributed by atoms with Crippen molar-refractivity contribution in [1.29, 1.82) is 0 Å². The Morgan fingerprint density at radius 2 is 1.74 bits per heavy atom. The first-order chi connectivity index (χ1) is 13.1. The molecule has 132 valence electrons. The van der Waals surface area contributed by atoms with Crippen molar-refractivity contribution >= 4 is 57.0 Å². The van der Waals surface area contributed by atoms with E-state index >= 15 is 0 Å². The Kier molecular flexibility index (Phi) is 4.75. The average molecular weight is 391 g/mol. The van der Waals surface area contributed by atoms with Crippen LogP contribution in [0.5, 0.6) is 5.75 Å². The zero-order valence-electron chi connectivity index (χ0n) is 14.0. The van der Waals surface area contributed by atoms with Crippen molar-refractivity contribution in [2.75, 3.05) is 0 Å². The van der Waals surface area contributed by atoms with Gasteiger partial charge in [-0.3, -0.25) is 4.79 Å². The van der Waals surface area contributed by atoms with E-state index in [1.54, 1.807) is 36.4 Å². The second kappa shape index (κ2) is 7.34. The molecule has 1 aliphatic rings. The lowest BCUT2D eigenvalue weighted by Gasteiger charge is -2.07. The van der Waals surface area contributed by atoms with Gasteiger partial charge in [0.25, 0.3) is 5.91 Å². The molecule has 4 nitrogen and oxygen atoms in total. The van der Waals surface area contributed by atoms with Crippen molar-refractivity contribution < 1.29 is 14.3 Å². The third kappa shape index (κ3) is 3.77. The first kappa shape index (κ1) is 17.5. The number of esters is 1. The molecule has 0 spiro atoms. The first-order valence-corrected chi connectivity index (χ1v) is 9.37. The summed E-state index contributed by atoms with van der Waals surface area (Å²) in [6.45, 7) is 0. The molecule has 0 saturated carbocycles. The summed E-state index contributed by atoms with van der Waals surface area (Å²) in [5, 5.41) is 4.41. The summed E-state index contributed by atoms with van der Waals surface area (Å²) in [5.41, 5.74) is 1.34. The molecule has 1 heterocycles. The summed E-state index contributed by atoms with van der Waals surface area (Å²) in [7, 11) is 0. The number of fused-ring (bicyclic) bond motifs is 1. The fraction of sp³-hybridized carbons (Fsp3) is 0. The zero-order chi connectivity index (χ0) is 18.8. The van der Waals surface area contributed by atoms with Gasteiger partial charge < -0.3 is 10.1 Å².